The van der Waals surface area contributed by atoms with E-state index < -0.39 is 33.6 Å². The molecule has 0 saturated carbocycles. The van der Waals surface area contributed by atoms with Crippen molar-refractivity contribution in [1.29, 1.82) is 4.78 Å². The van der Waals surface area contributed by atoms with E-state index in [2.05, 4.69) is 4.98 Å². The average molecular weight is 458 g/mol. The van der Waals surface area contributed by atoms with Crippen molar-refractivity contribution in [2.24, 2.45) is 7.05 Å². The van der Waals surface area contributed by atoms with E-state index in [-0.39, 0.29) is 16.3 Å². The topological polar surface area (TPSA) is 90.0 Å². The fourth-order valence-corrected chi connectivity index (χ4v) is 4.31. The third kappa shape index (κ3) is 3.56. The first-order valence-corrected chi connectivity index (χ1v) is 11.5. The van der Waals surface area contributed by atoms with Crippen molar-refractivity contribution in [2.45, 2.75) is 11.4 Å². The van der Waals surface area contributed by atoms with E-state index in [9.17, 15) is 17.8 Å². The Labute approximate surface area is 182 Å². The second-order valence-electron chi connectivity index (χ2n) is 7.38. The van der Waals surface area contributed by atoms with E-state index >= 15 is 0 Å². The maximum Gasteiger partial charge on any atom is 0.329 e. The number of aromatic nitrogens is 3. The summed E-state index contributed by atoms with van der Waals surface area (Å²) < 4.78 is 57.2. The van der Waals surface area contributed by atoms with Crippen LogP contribution in [0.3, 0.4) is 0 Å². The molecule has 1 N–H and O–H groups in total. The molecule has 166 valence electrons. The summed E-state index contributed by atoms with van der Waals surface area (Å²) in [6.07, 6.45) is 2.56. The number of ether oxygens (including phenoxy) is 1. The highest BCUT2D eigenvalue weighted by atomic mass is 32.2. The molecule has 4 aromatic rings. The van der Waals surface area contributed by atoms with Gasteiger partial charge in [0.2, 0.25) is 5.88 Å². The Morgan fingerprint density at radius 1 is 1.16 bits per heavy atom. The molecule has 32 heavy (non-hydrogen) atoms. The Balaban J connectivity index is 2.01. The molecule has 0 fully saturated rings. The summed E-state index contributed by atoms with van der Waals surface area (Å²) >= 11 is 0. The van der Waals surface area contributed by atoms with E-state index in [0.717, 1.165) is 24.0 Å². The van der Waals surface area contributed by atoms with Gasteiger partial charge in [0.15, 0.2) is 0 Å². The smallest absolute Gasteiger partial charge is 0.329 e. The number of nitrogens with zero attached hydrogens (tertiary/aromatic N) is 3. The molecule has 0 bridgehead atoms. The molecule has 7 nitrogen and oxygen atoms in total. The minimum atomic E-state index is -3.31. The minimum Gasteiger partial charge on any atom is -0.480 e. The highest BCUT2D eigenvalue weighted by Crippen LogP contribution is 2.35. The monoisotopic (exact) mass is 458 g/mol. The van der Waals surface area contributed by atoms with Gasteiger partial charge in [-0.2, -0.15) is 0 Å². The summed E-state index contributed by atoms with van der Waals surface area (Å²) in [5, 5.41) is 0. The van der Waals surface area contributed by atoms with Crippen molar-refractivity contribution >= 4 is 20.8 Å². The Morgan fingerprint density at radius 2 is 1.78 bits per heavy atom. The summed E-state index contributed by atoms with van der Waals surface area (Å²) in [7, 11) is -0.306. The molecule has 0 unspecified atom stereocenters. The Bertz CT molecular complexity index is 1490. The number of hydrogen-bond donors (Lipinski definition) is 1. The van der Waals surface area contributed by atoms with Gasteiger partial charge in [-0.3, -0.25) is 9.13 Å². The van der Waals surface area contributed by atoms with Crippen molar-refractivity contribution in [3.05, 3.63) is 76.3 Å². The standard InChI is InChI=1S/C22H20F2N4O3S/c1-27-18-11-26-21(31-2)19(13-7-5-4-6-8-13)20(18)28(22(27)29)12-15-16(23)9-14(10-17(15)24)32(3,25)30/h4-11,25H,12H2,1-3H3/t32-/m1/s1. The van der Waals surface area contributed by atoms with Crippen LogP contribution >= 0.6 is 0 Å². The van der Waals surface area contributed by atoms with Crippen LogP contribution in [0.25, 0.3) is 22.2 Å². The molecule has 0 amide bonds. The number of pyridine rings is 1. The molecule has 0 spiro atoms. The van der Waals surface area contributed by atoms with Gasteiger partial charge >= 0.3 is 5.69 Å². The van der Waals surface area contributed by atoms with Crippen LogP contribution in [0.4, 0.5) is 8.78 Å². The summed E-state index contributed by atoms with van der Waals surface area (Å²) in [6, 6.07) is 10.9. The van der Waals surface area contributed by atoms with Crippen LogP contribution in [0.2, 0.25) is 0 Å². The summed E-state index contributed by atoms with van der Waals surface area (Å²) in [5.41, 5.74) is 1.26. The van der Waals surface area contributed by atoms with E-state index in [4.69, 9.17) is 9.52 Å². The molecule has 10 heteroatoms. The first-order chi connectivity index (χ1) is 15.1. The molecule has 2 aromatic heterocycles. The van der Waals surface area contributed by atoms with Gasteiger partial charge < -0.3 is 4.74 Å². The number of imidazole rings is 1. The molecule has 0 aliphatic heterocycles. The zero-order valence-electron chi connectivity index (χ0n) is 17.6. The molecule has 4 rings (SSSR count). The van der Waals surface area contributed by atoms with Gasteiger partial charge in [-0.05, 0) is 17.7 Å². The molecule has 2 heterocycles. The molecule has 0 aliphatic rings. The van der Waals surface area contributed by atoms with Gasteiger partial charge in [-0.25, -0.2) is 27.5 Å². The van der Waals surface area contributed by atoms with Gasteiger partial charge in [0, 0.05) is 18.9 Å². The van der Waals surface area contributed by atoms with Gasteiger partial charge in [-0.1, -0.05) is 30.3 Å². The van der Waals surface area contributed by atoms with E-state index in [1.165, 1.54) is 22.4 Å². The Morgan fingerprint density at radius 3 is 2.34 bits per heavy atom. The zero-order chi connectivity index (χ0) is 23.2. The maximum atomic E-state index is 14.8. The predicted octanol–water partition coefficient (Wildman–Crippen LogP) is 3.77. The number of fused-ring (bicyclic) bond motifs is 1. The van der Waals surface area contributed by atoms with Crippen molar-refractivity contribution in [3.63, 3.8) is 0 Å². The lowest BCUT2D eigenvalue weighted by atomic mass is 10.1. The van der Waals surface area contributed by atoms with Crippen LogP contribution in [0.15, 0.2) is 58.4 Å². The number of halogens is 2. The Kier molecular flexibility index (Phi) is 5.33. The number of nitrogens with one attached hydrogen (secondary N) is 1. The van der Waals surface area contributed by atoms with Gasteiger partial charge in [-0.15, -0.1) is 0 Å². The van der Waals surface area contributed by atoms with Gasteiger partial charge in [0.25, 0.3) is 0 Å². The average Bonchev–Trinajstić information content (AvgIpc) is 2.99. The van der Waals surface area contributed by atoms with Crippen LogP contribution in [0.5, 0.6) is 5.88 Å². The lowest BCUT2D eigenvalue weighted by molar-refractivity contribution is 0.400. The van der Waals surface area contributed by atoms with Gasteiger partial charge in [0.05, 0.1) is 51.1 Å². The van der Waals surface area contributed by atoms with Crippen LogP contribution in [-0.4, -0.2) is 31.7 Å². The molecule has 2 aromatic carbocycles. The first-order valence-electron chi connectivity index (χ1n) is 9.52. The minimum absolute atomic E-state index is 0.252. The summed E-state index contributed by atoms with van der Waals surface area (Å²) in [5.74, 6) is -1.69. The fraction of sp³-hybridized carbons (Fsp3) is 0.182. The quantitative estimate of drug-likeness (QED) is 0.493. The van der Waals surface area contributed by atoms with Crippen molar-refractivity contribution in [1.82, 2.24) is 14.1 Å². The van der Waals surface area contributed by atoms with E-state index in [1.54, 1.807) is 7.05 Å². The normalized spacial score (nSPS) is 13.3. The number of methoxy groups -OCH3 is 1. The number of rotatable bonds is 5. The molecular formula is C22H20F2N4O3S. The second kappa shape index (κ2) is 7.86. The lowest BCUT2D eigenvalue weighted by Crippen LogP contribution is -2.23. The Hall–Kier alpha value is -3.53. The lowest BCUT2D eigenvalue weighted by Gasteiger charge is -2.13. The summed E-state index contributed by atoms with van der Waals surface area (Å²) in [6.45, 7) is -0.413. The largest absolute Gasteiger partial charge is 0.480 e. The van der Waals surface area contributed by atoms with Crippen molar-refractivity contribution in [3.8, 4) is 17.0 Å². The van der Waals surface area contributed by atoms with Gasteiger partial charge in [0.1, 0.15) is 11.6 Å². The van der Waals surface area contributed by atoms with Crippen molar-refractivity contribution < 1.29 is 17.7 Å². The molecular weight excluding hydrogens is 438 g/mol. The fourth-order valence-electron chi connectivity index (χ4n) is 3.65. The zero-order valence-corrected chi connectivity index (χ0v) is 18.4. The number of benzene rings is 2. The van der Waals surface area contributed by atoms with Crippen molar-refractivity contribution in [2.75, 3.05) is 13.4 Å². The third-order valence-electron chi connectivity index (χ3n) is 5.28. The van der Waals surface area contributed by atoms with E-state index in [1.807, 2.05) is 30.3 Å². The first kappa shape index (κ1) is 21.7. The van der Waals surface area contributed by atoms with Crippen LogP contribution in [0, 0.1) is 16.4 Å². The predicted molar refractivity (Wildman–Crippen MR) is 117 cm³/mol. The number of hydrogen-bond acceptors (Lipinski definition) is 5. The molecule has 1 atom stereocenters. The highest BCUT2D eigenvalue weighted by Gasteiger charge is 2.23. The van der Waals surface area contributed by atoms with Crippen LogP contribution in [0.1, 0.15) is 5.56 Å². The SMILES string of the molecule is COc1ncc2c(c1-c1ccccc1)n(Cc1c(F)cc([S@](C)(=N)=O)cc1F)c(=O)n2C. The molecule has 0 saturated heterocycles. The molecule has 0 aliphatic carbocycles. The van der Waals surface area contributed by atoms with Crippen LogP contribution < -0.4 is 10.4 Å². The second-order valence-corrected chi connectivity index (χ2v) is 9.54. The molecule has 0 radical (unpaired) electrons. The summed E-state index contributed by atoms with van der Waals surface area (Å²) in [4.78, 5) is 17.1. The van der Waals surface area contributed by atoms with E-state index in [0.29, 0.717) is 16.6 Å². The number of aryl methyl sites for hydroxylation is 1. The van der Waals surface area contributed by atoms with Crippen LogP contribution in [-0.2, 0) is 23.3 Å². The highest BCUT2D eigenvalue weighted by molar-refractivity contribution is 7.91. The maximum absolute atomic E-state index is 14.8. The third-order valence-corrected chi connectivity index (χ3v) is 6.42.